The molecule has 1 aliphatic heterocycles. The summed E-state index contributed by atoms with van der Waals surface area (Å²) in [7, 11) is 3.90. The van der Waals surface area contributed by atoms with Crippen LogP contribution in [0, 0.1) is 10.1 Å². The fourth-order valence-electron chi connectivity index (χ4n) is 4.61. The summed E-state index contributed by atoms with van der Waals surface area (Å²) in [5.74, 6) is 0. The minimum Gasteiger partial charge on any atom is -0.378 e. The van der Waals surface area contributed by atoms with Gasteiger partial charge >= 0.3 is 0 Å². The van der Waals surface area contributed by atoms with Crippen molar-refractivity contribution >= 4 is 23.0 Å². The Balaban J connectivity index is 1.89. The van der Waals surface area contributed by atoms with Gasteiger partial charge in [0.25, 0.3) is 5.54 Å². The number of rotatable bonds is 6. The van der Waals surface area contributed by atoms with E-state index in [1.165, 1.54) is 19.3 Å². The molecule has 1 fully saturated rings. The normalized spacial score (nSPS) is 15.8. The number of anilines is 2. The average Bonchev–Trinajstić information content (AvgIpc) is 2.82. The minimum atomic E-state index is -1.61. The Kier molecular flexibility index (Phi) is 6.38. The minimum absolute atomic E-state index is 0.214. The van der Waals surface area contributed by atoms with E-state index >= 15 is 0 Å². The fourth-order valence-corrected chi connectivity index (χ4v) is 4.88. The third kappa shape index (κ3) is 3.93. The zero-order valence-corrected chi connectivity index (χ0v) is 19.3. The topological polar surface area (TPSA) is 49.6 Å². The van der Waals surface area contributed by atoms with Gasteiger partial charge in [-0.2, -0.15) is 0 Å². The van der Waals surface area contributed by atoms with Crippen LogP contribution in [0.25, 0.3) is 0 Å². The van der Waals surface area contributed by atoms with E-state index in [1.807, 2.05) is 67.5 Å². The summed E-state index contributed by atoms with van der Waals surface area (Å²) in [6, 6.07) is 22.3. The zero-order chi connectivity index (χ0) is 22.7. The molecule has 1 heterocycles. The highest BCUT2D eigenvalue weighted by atomic mass is 35.5. The highest BCUT2D eigenvalue weighted by Crippen LogP contribution is 2.43. The Morgan fingerprint density at radius 3 is 1.97 bits per heavy atom. The van der Waals surface area contributed by atoms with Gasteiger partial charge in [-0.25, -0.2) is 0 Å². The van der Waals surface area contributed by atoms with Gasteiger partial charge < -0.3 is 9.80 Å². The van der Waals surface area contributed by atoms with Crippen LogP contribution in [0.1, 0.15) is 36.0 Å². The summed E-state index contributed by atoms with van der Waals surface area (Å²) in [6.07, 6.45) is 3.62. The van der Waals surface area contributed by atoms with Crippen molar-refractivity contribution < 1.29 is 4.92 Å². The van der Waals surface area contributed by atoms with E-state index in [4.69, 9.17) is 11.6 Å². The van der Waals surface area contributed by atoms with Crippen molar-refractivity contribution in [3.63, 3.8) is 0 Å². The molecule has 0 aromatic heterocycles. The third-order valence-electron chi connectivity index (χ3n) is 6.35. The molecule has 3 aromatic carbocycles. The first kappa shape index (κ1) is 22.2. The molecule has 0 bridgehead atoms. The Bertz CT molecular complexity index is 1080. The molecule has 0 spiro atoms. The number of piperidine rings is 1. The van der Waals surface area contributed by atoms with Gasteiger partial charge in [0, 0.05) is 54.6 Å². The van der Waals surface area contributed by atoms with Gasteiger partial charge in [0.2, 0.25) is 0 Å². The molecule has 1 atom stereocenters. The average molecular weight is 450 g/mol. The summed E-state index contributed by atoms with van der Waals surface area (Å²) in [5.41, 5.74) is 2.11. The second-order valence-corrected chi connectivity index (χ2v) is 8.89. The largest absolute Gasteiger partial charge is 0.378 e. The van der Waals surface area contributed by atoms with E-state index in [-0.39, 0.29) is 4.92 Å². The predicted molar refractivity (Wildman–Crippen MR) is 132 cm³/mol. The molecule has 0 saturated carbocycles. The molecular weight excluding hydrogens is 422 g/mol. The molecule has 4 rings (SSSR count). The monoisotopic (exact) mass is 449 g/mol. The molecule has 1 saturated heterocycles. The van der Waals surface area contributed by atoms with E-state index in [0.717, 1.165) is 24.5 Å². The van der Waals surface area contributed by atoms with Crippen molar-refractivity contribution in [2.75, 3.05) is 37.0 Å². The van der Waals surface area contributed by atoms with Gasteiger partial charge in [0.1, 0.15) is 0 Å². The van der Waals surface area contributed by atoms with E-state index in [9.17, 15) is 10.1 Å². The molecule has 5 nitrogen and oxygen atoms in total. The van der Waals surface area contributed by atoms with E-state index in [1.54, 1.807) is 24.3 Å². The quantitative estimate of drug-likeness (QED) is 0.264. The fraction of sp³-hybridized carbons (Fsp3) is 0.308. The molecule has 0 radical (unpaired) electrons. The molecular formula is C26H28ClN3O2. The first-order chi connectivity index (χ1) is 15.4. The summed E-state index contributed by atoms with van der Waals surface area (Å²) >= 11 is 6.57. The molecule has 166 valence electrons. The number of hydrogen-bond donors (Lipinski definition) is 0. The number of halogens is 1. The maximum atomic E-state index is 12.9. The summed E-state index contributed by atoms with van der Waals surface area (Å²) in [4.78, 5) is 17.0. The van der Waals surface area contributed by atoms with Gasteiger partial charge in [-0.1, -0.05) is 23.7 Å². The van der Waals surface area contributed by atoms with Crippen molar-refractivity contribution in [2.45, 2.75) is 24.8 Å². The molecule has 0 unspecified atom stereocenters. The zero-order valence-electron chi connectivity index (χ0n) is 18.5. The summed E-state index contributed by atoms with van der Waals surface area (Å²) in [6.45, 7) is 2.05. The maximum absolute atomic E-state index is 12.9. The van der Waals surface area contributed by atoms with Crippen LogP contribution in [0.4, 0.5) is 11.4 Å². The molecule has 6 heteroatoms. The Morgan fingerprint density at radius 2 is 1.44 bits per heavy atom. The molecule has 1 aliphatic rings. The van der Waals surface area contributed by atoms with Gasteiger partial charge in [0.05, 0.1) is 10.6 Å². The second-order valence-electron chi connectivity index (χ2n) is 8.48. The number of nitro groups is 1. The summed E-state index contributed by atoms with van der Waals surface area (Å²) < 4.78 is 0. The third-order valence-corrected chi connectivity index (χ3v) is 6.67. The first-order valence-corrected chi connectivity index (χ1v) is 11.3. The summed E-state index contributed by atoms with van der Waals surface area (Å²) in [5, 5.41) is 13.3. The highest BCUT2D eigenvalue weighted by Gasteiger charge is 2.50. The number of hydrogen-bond acceptors (Lipinski definition) is 4. The van der Waals surface area contributed by atoms with Crippen molar-refractivity contribution in [2.24, 2.45) is 0 Å². The van der Waals surface area contributed by atoms with Crippen LogP contribution in [-0.4, -0.2) is 32.1 Å². The molecule has 0 aliphatic carbocycles. The van der Waals surface area contributed by atoms with Gasteiger partial charge in [-0.15, -0.1) is 0 Å². The smallest absolute Gasteiger partial charge is 0.298 e. The Morgan fingerprint density at radius 1 is 0.875 bits per heavy atom. The van der Waals surface area contributed by atoms with Crippen molar-refractivity contribution in [1.82, 2.24) is 0 Å². The molecule has 3 aromatic rings. The first-order valence-electron chi connectivity index (χ1n) is 11.0. The van der Waals surface area contributed by atoms with Crippen LogP contribution in [-0.2, 0) is 5.54 Å². The van der Waals surface area contributed by atoms with Crippen molar-refractivity contribution in [3.8, 4) is 0 Å². The van der Waals surface area contributed by atoms with Crippen LogP contribution >= 0.6 is 11.6 Å². The van der Waals surface area contributed by atoms with E-state index in [2.05, 4.69) is 4.90 Å². The standard InChI is InChI=1S/C26H28ClN3O2/c1-28(2)22-14-10-20(11-15-22)26(30(31)32,24-8-4-5-9-25(24)27)21-12-16-23(17-13-21)29-18-6-3-7-19-29/h4-5,8-17H,3,6-7,18-19H2,1-2H3/t26-/m0/s1. The van der Waals surface area contributed by atoms with Crippen molar-refractivity contribution in [3.05, 3.63) is 105 Å². The lowest BCUT2D eigenvalue weighted by molar-refractivity contribution is -0.553. The number of nitrogens with zero attached hydrogens (tertiary/aromatic N) is 3. The van der Waals surface area contributed by atoms with Crippen LogP contribution in [0.3, 0.4) is 0 Å². The van der Waals surface area contributed by atoms with E-state index < -0.39 is 5.54 Å². The van der Waals surface area contributed by atoms with Crippen LogP contribution in [0.2, 0.25) is 5.02 Å². The predicted octanol–water partition coefficient (Wildman–Crippen LogP) is 5.96. The highest BCUT2D eigenvalue weighted by molar-refractivity contribution is 6.31. The Labute approximate surface area is 194 Å². The van der Waals surface area contributed by atoms with Crippen LogP contribution in [0.5, 0.6) is 0 Å². The Hall–Kier alpha value is -3.05. The molecule has 0 amide bonds. The van der Waals surface area contributed by atoms with Crippen LogP contribution < -0.4 is 9.80 Å². The van der Waals surface area contributed by atoms with Gasteiger partial charge in [-0.05, 0) is 79.9 Å². The van der Waals surface area contributed by atoms with Crippen LogP contribution in [0.15, 0.2) is 72.8 Å². The lowest BCUT2D eigenvalue weighted by atomic mass is 9.77. The number of benzene rings is 3. The van der Waals surface area contributed by atoms with E-state index in [0.29, 0.717) is 21.7 Å². The lowest BCUT2D eigenvalue weighted by Gasteiger charge is -2.31. The molecule has 0 N–H and O–H groups in total. The SMILES string of the molecule is CN(C)c1ccc([C@](c2ccc(N3CCCCC3)cc2)(c2ccccc2Cl)[N+](=O)[O-])cc1. The maximum Gasteiger partial charge on any atom is 0.298 e. The van der Waals surface area contributed by atoms with Gasteiger partial charge in [0.15, 0.2) is 0 Å². The van der Waals surface area contributed by atoms with Crippen molar-refractivity contribution in [1.29, 1.82) is 0 Å². The lowest BCUT2D eigenvalue weighted by Crippen LogP contribution is -2.38. The van der Waals surface area contributed by atoms with Gasteiger partial charge in [-0.3, -0.25) is 10.1 Å². The second kappa shape index (κ2) is 9.21. The molecule has 32 heavy (non-hydrogen) atoms.